The zero-order chi connectivity index (χ0) is 20.1. The summed E-state index contributed by atoms with van der Waals surface area (Å²) < 4.78 is 10.5. The molecule has 2 aromatic carbocycles. The van der Waals surface area contributed by atoms with Crippen LogP contribution in [0.1, 0.15) is 16.3 Å². The molecule has 3 rings (SSSR count). The van der Waals surface area contributed by atoms with Gasteiger partial charge in [-0.25, -0.2) is 9.97 Å². The van der Waals surface area contributed by atoms with Crippen LogP contribution < -0.4 is 20.1 Å². The zero-order valence-electron chi connectivity index (χ0n) is 15.6. The van der Waals surface area contributed by atoms with E-state index in [9.17, 15) is 4.79 Å². The number of nitrogens with one attached hydrogen (secondary N) is 2. The van der Waals surface area contributed by atoms with E-state index in [4.69, 9.17) is 21.1 Å². The summed E-state index contributed by atoms with van der Waals surface area (Å²) >= 11 is 5.96. The number of nitrogens with zero attached hydrogens (tertiary/aromatic N) is 2. The lowest BCUT2D eigenvalue weighted by Crippen LogP contribution is -2.15. The third kappa shape index (κ3) is 4.69. The molecule has 0 unspecified atom stereocenters. The van der Waals surface area contributed by atoms with Gasteiger partial charge in [-0.2, -0.15) is 0 Å². The van der Waals surface area contributed by atoms with Crippen LogP contribution in [0.5, 0.6) is 11.5 Å². The lowest BCUT2D eigenvalue weighted by atomic mass is 10.2. The van der Waals surface area contributed by atoms with Gasteiger partial charge in [0.05, 0.1) is 14.2 Å². The molecular formula is C20H19ClN4O3. The number of aromatic nitrogens is 2. The van der Waals surface area contributed by atoms with E-state index in [-0.39, 0.29) is 11.6 Å². The van der Waals surface area contributed by atoms with Gasteiger partial charge in [0, 0.05) is 28.5 Å². The minimum Gasteiger partial charge on any atom is -0.493 e. The predicted molar refractivity (Wildman–Crippen MR) is 109 cm³/mol. The number of anilines is 3. The number of hydrogen-bond donors (Lipinski definition) is 2. The Balaban J connectivity index is 1.82. The average Bonchev–Trinajstić information content (AvgIpc) is 2.67. The molecule has 2 N–H and O–H groups in total. The van der Waals surface area contributed by atoms with Crippen LogP contribution >= 0.6 is 11.6 Å². The minimum absolute atomic E-state index is 0.232. The fourth-order valence-corrected chi connectivity index (χ4v) is 2.76. The molecule has 0 aliphatic heterocycles. The van der Waals surface area contributed by atoms with Crippen molar-refractivity contribution in [3.05, 3.63) is 65.1 Å². The minimum atomic E-state index is -0.358. The Morgan fingerprint density at radius 2 is 1.75 bits per heavy atom. The molecule has 0 bridgehead atoms. The first kappa shape index (κ1) is 19.4. The number of aryl methyl sites for hydroxylation is 1. The van der Waals surface area contributed by atoms with Crippen molar-refractivity contribution in [3.8, 4) is 11.5 Å². The van der Waals surface area contributed by atoms with Crippen LogP contribution in [-0.4, -0.2) is 30.1 Å². The average molecular weight is 399 g/mol. The Morgan fingerprint density at radius 1 is 0.964 bits per heavy atom. The van der Waals surface area contributed by atoms with E-state index >= 15 is 0 Å². The predicted octanol–water partition coefficient (Wildman–Crippen LogP) is 4.45. The van der Waals surface area contributed by atoms with Gasteiger partial charge in [0.2, 0.25) is 0 Å². The van der Waals surface area contributed by atoms with Crippen LogP contribution in [-0.2, 0) is 0 Å². The quantitative estimate of drug-likeness (QED) is 0.638. The van der Waals surface area contributed by atoms with Crippen molar-refractivity contribution in [2.24, 2.45) is 0 Å². The molecule has 0 atom stereocenters. The highest BCUT2D eigenvalue weighted by atomic mass is 35.5. The van der Waals surface area contributed by atoms with Gasteiger partial charge in [0.15, 0.2) is 11.5 Å². The summed E-state index contributed by atoms with van der Waals surface area (Å²) in [6.45, 7) is 1.72. The van der Waals surface area contributed by atoms with Gasteiger partial charge in [-0.3, -0.25) is 4.79 Å². The number of benzene rings is 2. The van der Waals surface area contributed by atoms with E-state index < -0.39 is 0 Å². The second-order valence-electron chi connectivity index (χ2n) is 5.84. The van der Waals surface area contributed by atoms with Crippen molar-refractivity contribution >= 4 is 34.7 Å². The molecule has 0 aliphatic carbocycles. The standard InChI is InChI=1S/C20H19ClN4O3/c1-12-22-16(20(26)25-14-6-4-5-13(21)9-14)11-19(23-12)24-15-7-8-17(27-2)18(10-15)28-3/h4-11H,1-3H3,(H,25,26)(H,22,23,24). The third-order valence-electron chi connectivity index (χ3n) is 3.81. The Morgan fingerprint density at radius 3 is 2.46 bits per heavy atom. The van der Waals surface area contributed by atoms with E-state index in [1.165, 1.54) is 0 Å². The van der Waals surface area contributed by atoms with Gasteiger partial charge in [-0.05, 0) is 37.3 Å². The van der Waals surface area contributed by atoms with Gasteiger partial charge >= 0.3 is 0 Å². The van der Waals surface area contributed by atoms with Crippen LogP contribution in [0.15, 0.2) is 48.5 Å². The number of halogens is 1. The van der Waals surface area contributed by atoms with Crippen molar-refractivity contribution in [3.63, 3.8) is 0 Å². The maximum Gasteiger partial charge on any atom is 0.274 e. The fourth-order valence-electron chi connectivity index (χ4n) is 2.57. The number of carbonyl (C=O) groups is 1. The van der Waals surface area contributed by atoms with E-state index in [2.05, 4.69) is 20.6 Å². The van der Waals surface area contributed by atoms with Gasteiger partial charge in [0.25, 0.3) is 5.91 Å². The van der Waals surface area contributed by atoms with Crippen LogP contribution in [0.25, 0.3) is 0 Å². The maximum atomic E-state index is 12.6. The second kappa shape index (κ2) is 8.58. The highest BCUT2D eigenvalue weighted by Crippen LogP contribution is 2.31. The topological polar surface area (TPSA) is 85.4 Å². The highest BCUT2D eigenvalue weighted by Gasteiger charge is 2.12. The first-order valence-electron chi connectivity index (χ1n) is 8.40. The molecule has 3 aromatic rings. The summed E-state index contributed by atoms with van der Waals surface area (Å²) in [5, 5.41) is 6.46. The SMILES string of the molecule is COc1ccc(Nc2cc(C(=O)Nc3cccc(Cl)c3)nc(C)n2)cc1OC. The third-order valence-corrected chi connectivity index (χ3v) is 4.04. The number of carbonyl (C=O) groups excluding carboxylic acids is 1. The van der Waals surface area contributed by atoms with Gasteiger partial charge in [-0.15, -0.1) is 0 Å². The summed E-state index contributed by atoms with van der Waals surface area (Å²) in [6, 6.07) is 13.9. The van der Waals surface area contributed by atoms with Crippen LogP contribution in [0.2, 0.25) is 5.02 Å². The maximum absolute atomic E-state index is 12.6. The van der Waals surface area contributed by atoms with E-state index in [0.29, 0.717) is 33.9 Å². The van der Waals surface area contributed by atoms with E-state index in [1.807, 2.05) is 6.07 Å². The van der Waals surface area contributed by atoms with Crippen molar-refractivity contribution in [1.29, 1.82) is 0 Å². The highest BCUT2D eigenvalue weighted by molar-refractivity contribution is 6.30. The monoisotopic (exact) mass is 398 g/mol. The smallest absolute Gasteiger partial charge is 0.274 e. The molecule has 1 aromatic heterocycles. The molecule has 0 saturated heterocycles. The molecule has 0 radical (unpaired) electrons. The van der Waals surface area contributed by atoms with Crippen molar-refractivity contribution in [1.82, 2.24) is 9.97 Å². The summed E-state index contributed by atoms with van der Waals surface area (Å²) in [4.78, 5) is 21.1. The molecule has 8 heteroatoms. The lowest BCUT2D eigenvalue weighted by Gasteiger charge is -2.12. The van der Waals surface area contributed by atoms with Crippen LogP contribution in [0.3, 0.4) is 0 Å². The molecule has 1 amide bonds. The zero-order valence-corrected chi connectivity index (χ0v) is 16.4. The Bertz CT molecular complexity index is 1010. The van der Waals surface area contributed by atoms with Crippen LogP contribution in [0, 0.1) is 6.92 Å². The van der Waals surface area contributed by atoms with E-state index in [0.717, 1.165) is 5.69 Å². The number of hydrogen-bond acceptors (Lipinski definition) is 6. The largest absolute Gasteiger partial charge is 0.493 e. The Labute approximate surface area is 167 Å². The first-order chi connectivity index (χ1) is 13.5. The Kier molecular flexibility index (Phi) is 5.96. The van der Waals surface area contributed by atoms with Crippen LogP contribution in [0.4, 0.5) is 17.2 Å². The van der Waals surface area contributed by atoms with Gasteiger partial charge < -0.3 is 20.1 Å². The molecule has 144 valence electrons. The molecular weight excluding hydrogens is 380 g/mol. The number of ether oxygens (including phenoxy) is 2. The van der Waals surface area contributed by atoms with Crippen molar-refractivity contribution in [2.45, 2.75) is 6.92 Å². The number of methoxy groups -OCH3 is 2. The van der Waals surface area contributed by atoms with E-state index in [1.54, 1.807) is 63.6 Å². The Hall–Kier alpha value is -3.32. The fraction of sp³-hybridized carbons (Fsp3) is 0.150. The summed E-state index contributed by atoms with van der Waals surface area (Å²) in [7, 11) is 3.14. The van der Waals surface area contributed by atoms with Gasteiger partial charge in [-0.1, -0.05) is 17.7 Å². The second-order valence-corrected chi connectivity index (χ2v) is 6.28. The molecule has 0 fully saturated rings. The van der Waals surface area contributed by atoms with Crippen molar-refractivity contribution < 1.29 is 14.3 Å². The molecule has 0 spiro atoms. The van der Waals surface area contributed by atoms with Gasteiger partial charge in [0.1, 0.15) is 17.3 Å². The number of amides is 1. The number of rotatable bonds is 6. The lowest BCUT2D eigenvalue weighted by molar-refractivity contribution is 0.102. The molecule has 0 saturated carbocycles. The summed E-state index contributed by atoms with van der Waals surface area (Å²) in [5.41, 5.74) is 1.55. The summed E-state index contributed by atoms with van der Waals surface area (Å²) in [5.74, 6) is 1.78. The molecule has 7 nitrogen and oxygen atoms in total. The molecule has 1 heterocycles. The summed E-state index contributed by atoms with van der Waals surface area (Å²) in [6.07, 6.45) is 0. The molecule has 0 aliphatic rings. The van der Waals surface area contributed by atoms with Crippen molar-refractivity contribution in [2.75, 3.05) is 24.9 Å². The normalized spacial score (nSPS) is 10.3. The molecule has 28 heavy (non-hydrogen) atoms. The first-order valence-corrected chi connectivity index (χ1v) is 8.78.